The molecule has 0 aliphatic rings. The van der Waals surface area contributed by atoms with E-state index in [1.807, 2.05) is 24.4 Å². The first-order chi connectivity index (χ1) is 21.9. The van der Waals surface area contributed by atoms with Crippen LogP contribution < -0.4 is 38.6 Å². The van der Waals surface area contributed by atoms with Crippen LogP contribution in [0.4, 0.5) is 4.79 Å². The van der Waals surface area contributed by atoms with Crippen LogP contribution in [0.5, 0.6) is 0 Å². The Hall–Kier alpha value is -1.50. The first-order valence-corrected chi connectivity index (χ1v) is 19.4. The van der Waals surface area contributed by atoms with Gasteiger partial charge in [0.05, 0.1) is 5.75 Å². The number of hydrogen-bond donors (Lipinski definition) is 2. The zero-order chi connectivity index (χ0) is 32.4. The molecule has 0 saturated carbocycles. The van der Waals surface area contributed by atoms with Crippen molar-refractivity contribution in [2.75, 3.05) is 32.6 Å². The molecule has 0 fully saturated rings. The number of fused-ring (bicyclic) bond motifs is 1. The number of aromatic nitrogens is 1. The third-order valence-corrected chi connectivity index (χ3v) is 9.85. The van der Waals surface area contributed by atoms with Crippen LogP contribution in [0.25, 0.3) is 10.9 Å². The Morgan fingerprint density at radius 2 is 1.35 bits per heavy atom. The highest BCUT2D eigenvalue weighted by Crippen LogP contribution is 2.14. The van der Waals surface area contributed by atoms with Gasteiger partial charge in [0.2, 0.25) is 15.5 Å². The zero-order valence-electron chi connectivity index (χ0n) is 28.7. The summed E-state index contributed by atoms with van der Waals surface area (Å²) in [6, 6.07) is 12.2. The maximum atomic E-state index is 12.5. The van der Waals surface area contributed by atoms with Gasteiger partial charge in [-0.25, -0.2) is 17.9 Å². The Morgan fingerprint density at radius 3 is 1.96 bits per heavy atom. The molecule has 2 aromatic rings. The summed E-state index contributed by atoms with van der Waals surface area (Å²) in [6.07, 6.45) is 23.3. The Labute approximate surface area is 297 Å². The molecule has 0 aliphatic heterocycles. The minimum Gasteiger partial charge on any atom is -1.00 e. The third-order valence-electron chi connectivity index (χ3n) is 8.41. The van der Waals surface area contributed by atoms with Gasteiger partial charge in [0.15, 0.2) is 6.20 Å². The van der Waals surface area contributed by atoms with E-state index < -0.39 is 22.2 Å². The lowest BCUT2D eigenvalue weighted by Crippen LogP contribution is -3.00. The molecule has 8 nitrogen and oxygen atoms in total. The number of unbranched alkanes of at least 4 members (excludes halogenated alkanes) is 16. The summed E-state index contributed by atoms with van der Waals surface area (Å²) in [6.45, 7) is 3.65. The summed E-state index contributed by atoms with van der Waals surface area (Å²) in [4.78, 5) is 12.1. The molecule has 1 heterocycles. The second-order valence-corrected chi connectivity index (χ2v) is 14.2. The quantitative estimate of drug-likeness (QED) is 0.0734. The van der Waals surface area contributed by atoms with Gasteiger partial charge in [-0.3, -0.25) is 0 Å². The van der Waals surface area contributed by atoms with Crippen molar-refractivity contribution in [2.24, 2.45) is 0 Å². The molecule has 0 bridgehead atoms. The van der Waals surface area contributed by atoms with Gasteiger partial charge in [-0.05, 0) is 25.0 Å². The number of nitrogens with one attached hydrogen (secondary N) is 2. The molecule has 1 atom stereocenters. The molecular weight excluding hydrogens is 713 g/mol. The molecule has 0 saturated heterocycles. The van der Waals surface area contributed by atoms with E-state index >= 15 is 0 Å². The van der Waals surface area contributed by atoms with Crippen molar-refractivity contribution in [3.05, 3.63) is 42.6 Å². The number of sulfonamides is 1. The number of hydrogen-bond acceptors (Lipinski definition) is 5. The molecule has 10 heteroatoms. The highest BCUT2D eigenvalue weighted by atomic mass is 127. The number of rotatable bonds is 28. The lowest BCUT2D eigenvalue weighted by Gasteiger charge is -2.16. The zero-order valence-corrected chi connectivity index (χ0v) is 31.6. The third kappa shape index (κ3) is 20.7. The number of para-hydroxylation sites is 1. The summed E-state index contributed by atoms with van der Waals surface area (Å²) in [5.74, 6) is 0.0371. The number of benzene rings is 1. The molecule has 1 unspecified atom stereocenters. The van der Waals surface area contributed by atoms with Crippen LogP contribution in [0.15, 0.2) is 42.6 Å². The molecule has 2 rings (SSSR count). The lowest BCUT2D eigenvalue weighted by molar-refractivity contribution is -0.671. The fraction of sp³-hybridized carbons (Fsp3) is 0.722. The van der Waals surface area contributed by atoms with Gasteiger partial charge in [0.1, 0.15) is 19.3 Å². The predicted molar refractivity (Wildman–Crippen MR) is 185 cm³/mol. The summed E-state index contributed by atoms with van der Waals surface area (Å²) in [5, 5.41) is 3.95. The number of aryl methyl sites for hydroxylation is 1. The topological polar surface area (TPSA) is 97.6 Å². The maximum absolute atomic E-state index is 12.5. The van der Waals surface area contributed by atoms with Crippen LogP contribution >= 0.6 is 0 Å². The average Bonchev–Trinajstić information content (AvgIpc) is 3.04. The molecular formula is C36H62IN3O5S. The Morgan fingerprint density at radius 1 is 0.783 bits per heavy atom. The Balaban J connectivity index is 0.0000106. The van der Waals surface area contributed by atoms with E-state index in [4.69, 9.17) is 9.47 Å². The van der Waals surface area contributed by atoms with Crippen LogP contribution in [0, 0.1) is 0 Å². The minimum atomic E-state index is -3.46. The number of alkyl carbamates (subject to hydrolysis) is 1. The summed E-state index contributed by atoms with van der Waals surface area (Å²) in [7, 11) is -1.97. The van der Waals surface area contributed by atoms with E-state index in [0.717, 1.165) is 36.7 Å². The Kier molecular flexibility index (Phi) is 25.4. The monoisotopic (exact) mass is 775 g/mol. The van der Waals surface area contributed by atoms with Crippen LogP contribution in [0.1, 0.15) is 122 Å². The first-order valence-electron chi connectivity index (χ1n) is 17.7. The van der Waals surface area contributed by atoms with Crippen molar-refractivity contribution in [2.45, 2.75) is 135 Å². The summed E-state index contributed by atoms with van der Waals surface area (Å²) >= 11 is 0. The van der Waals surface area contributed by atoms with E-state index in [1.54, 1.807) is 0 Å². The SMILES string of the molecule is CCCCCCCCCCCCCCCCCCNC(=O)OCC(CNS(=O)(=O)CCCC[n+]1cccc2ccccc21)OC.[I-]. The largest absolute Gasteiger partial charge is 1.00 e. The maximum Gasteiger partial charge on any atom is 0.407 e. The molecule has 1 amide bonds. The smallest absolute Gasteiger partial charge is 0.407 e. The van der Waals surface area contributed by atoms with Crippen LogP contribution in [-0.4, -0.2) is 53.2 Å². The minimum absolute atomic E-state index is 0. The van der Waals surface area contributed by atoms with Gasteiger partial charge in [-0.2, -0.15) is 4.57 Å². The number of methoxy groups -OCH3 is 1. The van der Waals surface area contributed by atoms with Crippen molar-refractivity contribution in [1.82, 2.24) is 10.0 Å². The fourth-order valence-electron chi connectivity index (χ4n) is 5.58. The second-order valence-electron chi connectivity index (χ2n) is 12.3. The van der Waals surface area contributed by atoms with Gasteiger partial charge < -0.3 is 38.8 Å². The molecule has 0 aliphatic carbocycles. The van der Waals surface area contributed by atoms with Crippen LogP contribution in [0.3, 0.4) is 0 Å². The number of amides is 1. The van der Waals surface area contributed by atoms with Crippen LogP contribution in [0.2, 0.25) is 0 Å². The van der Waals surface area contributed by atoms with Crippen molar-refractivity contribution < 1.29 is 51.2 Å². The highest BCUT2D eigenvalue weighted by Gasteiger charge is 2.17. The standard InChI is InChI=1S/C36H61N3O5S.HI/c1-3-4-5-6-7-8-9-10-11-12-13-14-15-16-17-20-27-37-36(40)44-32-34(43-2)31-38-45(41,42)30-22-21-28-39-29-23-25-33-24-18-19-26-35(33)39;/h18-19,23-26,29,34,38H,3-17,20-22,27-28,30-32H2,1-2H3;1H. The normalized spacial score (nSPS) is 12.1. The number of carbonyl (C=O) groups is 1. The lowest BCUT2D eigenvalue weighted by atomic mass is 10.0. The Bertz CT molecular complexity index is 1150. The number of nitrogens with zero attached hydrogens (tertiary/aromatic N) is 1. The molecule has 0 radical (unpaired) electrons. The molecule has 46 heavy (non-hydrogen) atoms. The van der Waals surface area contributed by atoms with E-state index in [9.17, 15) is 13.2 Å². The van der Waals surface area contributed by atoms with Crippen molar-refractivity contribution in [3.8, 4) is 0 Å². The molecule has 0 spiro atoms. The fourth-order valence-corrected chi connectivity index (χ4v) is 6.74. The van der Waals surface area contributed by atoms with Gasteiger partial charge >= 0.3 is 6.09 Å². The van der Waals surface area contributed by atoms with Crippen molar-refractivity contribution in [1.29, 1.82) is 0 Å². The second kappa shape index (κ2) is 27.5. The predicted octanol–water partition coefficient (Wildman–Crippen LogP) is 4.83. The number of pyridine rings is 1. The van der Waals surface area contributed by atoms with Gasteiger partial charge in [-0.15, -0.1) is 0 Å². The van der Waals surface area contributed by atoms with E-state index in [-0.39, 0.29) is 42.9 Å². The van der Waals surface area contributed by atoms with Gasteiger partial charge in [0, 0.05) is 44.1 Å². The van der Waals surface area contributed by atoms with E-state index in [2.05, 4.69) is 39.7 Å². The molecule has 1 aromatic carbocycles. The van der Waals surface area contributed by atoms with Crippen LogP contribution in [-0.2, 0) is 26.0 Å². The first kappa shape index (κ1) is 42.5. The average molecular weight is 776 g/mol. The highest BCUT2D eigenvalue weighted by molar-refractivity contribution is 7.89. The number of ether oxygens (including phenoxy) is 2. The van der Waals surface area contributed by atoms with Gasteiger partial charge in [0.25, 0.3) is 0 Å². The molecule has 1 aromatic heterocycles. The summed E-state index contributed by atoms with van der Waals surface area (Å²) < 4.78 is 40.3. The number of halogens is 1. The molecule has 264 valence electrons. The summed E-state index contributed by atoms with van der Waals surface area (Å²) in [5.41, 5.74) is 1.14. The van der Waals surface area contributed by atoms with Crippen molar-refractivity contribution in [3.63, 3.8) is 0 Å². The van der Waals surface area contributed by atoms with E-state index in [0.29, 0.717) is 13.0 Å². The number of carbonyl (C=O) groups excluding carboxylic acids is 1. The van der Waals surface area contributed by atoms with E-state index in [1.165, 1.54) is 97.0 Å². The van der Waals surface area contributed by atoms with Gasteiger partial charge in [-0.1, -0.05) is 115 Å². The van der Waals surface area contributed by atoms with Crippen molar-refractivity contribution >= 4 is 27.0 Å². The molecule has 2 N–H and O–H groups in total.